The summed E-state index contributed by atoms with van der Waals surface area (Å²) in [5.41, 5.74) is 0. The van der Waals surface area contributed by atoms with E-state index in [-0.39, 0.29) is 11.8 Å². The zero-order valence-corrected chi connectivity index (χ0v) is 17.7. The van der Waals surface area contributed by atoms with Gasteiger partial charge in [0.15, 0.2) is 0 Å². The molecule has 0 saturated carbocycles. The Morgan fingerprint density at radius 1 is 1.07 bits per heavy atom. The minimum absolute atomic E-state index is 0.0713. The van der Waals surface area contributed by atoms with E-state index >= 15 is 0 Å². The maximum absolute atomic E-state index is 12.5. The molecule has 1 aromatic heterocycles. The molecule has 0 unspecified atom stereocenters. The lowest BCUT2D eigenvalue weighted by Crippen LogP contribution is -2.50. The molecule has 0 aliphatic carbocycles. The summed E-state index contributed by atoms with van der Waals surface area (Å²) in [6.07, 6.45) is 1.14. The van der Waals surface area contributed by atoms with Crippen LogP contribution in [0, 0.1) is 6.92 Å². The van der Waals surface area contributed by atoms with Gasteiger partial charge in [0.2, 0.25) is 5.91 Å². The van der Waals surface area contributed by atoms with Gasteiger partial charge in [0, 0.05) is 37.5 Å². The smallest absolute Gasteiger partial charge is 0.264 e. The van der Waals surface area contributed by atoms with Crippen molar-refractivity contribution in [3.63, 3.8) is 0 Å². The minimum Gasteiger partial charge on any atom is -0.492 e. The second-order valence-electron chi connectivity index (χ2n) is 6.47. The van der Waals surface area contributed by atoms with Crippen molar-refractivity contribution in [3.05, 3.63) is 50.6 Å². The number of piperazine rings is 1. The number of aryl methyl sites for hydroxylation is 1. The number of nitrogens with zero attached hydrogens (tertiary/aromatic N) is 2. The van der Waals surface area contributed by atoms with Crippen LogP contribution in [0.3, 0.4) is 0 Å². The molecule has 2 heterocycles. The van der Waals surface area contributed by atoms with Gasteiger partial charge in [0.05, 0.1) is 16.0 Å². The van der Waals surface area contributed by atoms with Gasteiger partial charge in [-0.2, -0.15) is 0 Å². The highest BCUT2D eigenvalue weighted by atomic mass is 79.9. The number of thiophene rings is 1. The zero-order valence-electron chi connectivity index (χ0n) is 15.3. The van der Waals surface area contributed by atoms with Crippen molar-refractivity contribution < 1.29 is 14.3 Å². The van der Waals surface area contributed by atoms with Crippen molar-refractivity contribution in [1.29, 1.82) is 0 Å². The Balaban J connectivity index is 1.38. The Kier molecular flexibility index (Phi) is 6.90. The van der Waals surface area contributed by atoms with Gasteiger partial charge in [0.1, 0.15) is 5.75 Å². The fourth-order valence-corrected chi connectivity index (χ4v) is 4.22. The molecule has 5 nitrogen and oxygen atoms in total. The Hall–Kier alpha value is -1.86. The topological polar surface area (TPSA) is 49.9 Å². The lowest BCUT2D eigenvalue weighted by atomic mass is 10.2. The molecule has 1 aliphatic rings. The third-order valence-electron chi connectivity index (χ3n) is 4.50. The monoisotopic (exact) mass is 450 g/mol. The molecule has 2 amide bonds. The van der Waals surface area contributed by atoms with E-state index in [1.807, 2.05) is 53.1 Å². The number of para-hydroxylation sites is 1. The quantitative estimate of drug-likeness (QED) is 0.625. The first-order chi connectivity index (χ1) is 13.0. The second kappa shape index (κ2) is 9.37. The highest BCUT2D eigenvalue weighted by Gasteiger charge is 2.25. The molecule has 27 heavy (non-hydrogen) atoms. The Labute approximate surface area is 172 Å². The van der Waals surface area contributed by atoms with Crippen LogP contribution in [-0.2, 0) is 4.79 Å². The number of carbonyl (C=O) groups excluding carboxylic acids is 2. The summed E-state index contributed by atoms with van der Waals surface area (Å²) < 4.78 is 6.62. The predicted octanol–water partition coefficient (Wildman–Crippen LogP) is 3.96. The number of benzene rings is 1. The van der Waals surface area contributed by atoms with Crippen LogP contribution < -0.4 is 4.74 Å². The van der Waals surface area contributed by atoms with Crippen molar-refractivity contribution in [3.8, 4) is 5.75 Å². The highest BCUT2D eigenvalue weighted by Crippen LogP contribution is 2.24. The summed E-state index contributed by atoms with van der Waals surface area (Å²) in [6.45, 7) is 4.88. The van der Waals surface area contributed by atoms with E-state index in [2.05, 4.69) is 15.9 Å². The first-order valence-corrected chi connectivity index (χ1v) is 10.7. The molecule has 3 rings (SSSR count). The number of rotatable bonds is 6. The highest BCUT2D eigenvalue weighted by molar-refractivity contribution is 9.10. The molecular weight excluding hydrogens is 428 g/mol. The Morgan fingerprint density at radius 2 is 1.78 bits per heavy atom. The largest absolute Gasteiger partial charge is 0.492 e. The average molecular weight is 451 g/mol. The van der Waals surface area contributed by atoms with Crippen molar-refractivity contribution >= 4 is 39.1 Å². The number of ether oxygens (including phenoxy) is 1. The van der Waals surface area contributed by atoms with Crippen molar-refractivity contribution in [2.24, 2.45) is 0 Å². The van der Waals surface area contributed by atoms with Crippen LogP contribution in [0.4, 0.5) is 0 Å². The average Bonchev–Trinajstić information content (AvgIpc) is 3.12. The van der Waals surface area contributed by atoms with Crippen LogP contribution in [0.2, 0.25) is 0 Å². The van der Waals surface area contributed by atoms with E-state index in [4.69, 9.17) is 4.74 Å². The van der Waals surface area contributed by atoms with Crippen LogP contribution in [0.1, 0.15) is 27.4 Å². The second-order valence-corrected chi connectivity index (χ2v) is 8.61. The molecule has 2 aromatic rings. The van der Waals surface area contributed by atoms with Gasteiger partial charge in [-0.05, 0) is 53.5 Å². The van der Waals surface area contributed by atoms with E-state index in [0.717, 1.165) is 20.0 Å². The van der Waals surface area contributed by atoms with Crippen LogP contribution in [-0.4, -0.2) is 54.4 Å². The minimum atomic E-state index is 0.0713. The molecular formula is C20H23BrN2O3S. The summed E-state index contributed by atoms with van der Waals surface area (Å²) in [5, 5.41) is 0. The number of hydrogen-bond donors (Lipinski definition) is 0. The van der Waals surface area contributed by atoms with Crippen LogP contribution in [0.25, 0.3) is 0 Å². The lowest BCUT2D eigenvalue weighted by Gasteiger charge is -2.34. The van der Waals surface area contributed by atoms with E-state index in [0.29, 0.717) is 45.6 Å². The van der Waals surface area contributed by atoms with Gasteiger partial charge in [-0.25, -0.2) is 0 Å². The van der Waals surface area contributed by atoms with E-state index in [1.54, 1.807) is 0 Å². The summed E-state index contributed by atoms with van der Waals surface area (Å²) >= 11 is 4.96. The van der Waals surface area contributed by atoms with Gasteiger partial charge in [0.25, 0.3) is 5.91 Å². The normalized spacial score (nSPS) is 14.3. The van der Waals surface area contributed by atoms with Gasteiger partial charge in [-0.3, -0.25) is 9.59 Å². The van der Waals surface area contributed by atoms with Crippen molar-refractivity contribution in [2.75, 3.05) is 32.8 Å². The summed E-state index contributed by atoms with van der Waals surface area (Å²) in [5.74, 6) is 0.993. The SMILES string of the molecule is Cc1ccc(C(=O)N2CCN(C(=O)CCCOc3ccccc3Br)CC2)s1. The maximum atomic E-state index is 12.5. The predicted molar refractivity (Wildman–Crippen MR) is 110 cm³/mol. The molecule has 1 aromatic carbocycles. The molecule has 0 bridgehead atoms. The van der Waals surface area contributed by atoms with Gasteiger partial charge >= 0.3 is 0 Å². The van der Waals surface area contributed by atoms with Gasteiger partial charge < -0.3 is 14.5 Å². The molecule has 7 heteroatoms. The first kappa shape index (κ1) is 19.9. The van der Waals surface area contributed by atoms with Gasteiger partial charge in [-0.15, -0.1) is 11.3 Å². The summed E-state index contributed by atoms with van der Waals surface area (Å²) in [6, 6.07) is 11.5. The lowest BCUT2D eigenvalue weighted by molar-refractivity contribution is -0.132. The summed E-state index contributed by atoms with van der Waals surface area (Å²) in [4.78, 5) is 30.5. The zero-order chi connectivity index (χ0) is 19.2. The maximum Gasteiger partial charge on any atom is 0.264 e. The number of halogens is 1. The molecule has 1 aliphatic heterocycles. The van der Waals surface area contributed by atoms with Crippen molar-refractivity contribution in [1.82, 2.24) is 9.80 Å². The first-order valence-electron chi connectivity index (χ1n) is 9.05. The molecule has 144 valence electrons. The van der Waals surface area contributed by atoms with Crippen LogP contribution in [0.15, 0.2) is 40.9 Å². The van der Waals surface area contributed by atoms with E-state index in [9.17, 15) is 9.59 Å². The summed E-state index contributed by atoms with van der Waals surface area (Å²) in [7, 11) is 0. The Bertz CT molecular complexity index is 800. The van der Waals surface area contributed by atoms with Crippen LogP contribution in [0.5, 0.6) is 5.75 Å². The molecule has 1 fully saturated rings. The molecule has 0 atom stereocenters. The molecule has 1 saturated heterocycles. The third kappa shape index (κ3) is 5.32. The Morgan fingerprint density at radius 3 is 2.44 bits per heavy atom. The third-order valence-corrected chi connectivity index (χ3v) is 6.14. The van der Waals surface area contributed by atoms with E-state index in [1.165, 1.54) is 11.3 Å². The molecule has 0 N–H and O–H groups in total. The number of carbonyl (C=O) groups is 2. The van der Waals surface area contributed by atoms with Crippen molar-refractivity contribution in [2.45, 2.75) is 19.8 Å². The standard InChI is InChI=1S/C20H23BrN2O3S/c1-15-8-9-18(27-15)20(25)23-12-10-22(11-13-23)19(24)7-4-14-26-17-6-3-2-5-16(17)21/h2-3,5-6,8-9H,4,7,10-14H2,1H3. The number of amides is 2. The fourth-order valence-electron chi connectivity index (χ4n) is 2.99. The van der Waals surface area contributed by atoms with Crippen LogP contribution >= 0.6 is 27.3 Å². The van der Waals surface area contributed by atoms with Gasteiger partial charge in [-0.1, -0.05) is 12.1 Å². The number of hydrogen-bond acceptors (Lipinski definition) is 4. The fraction of sp³-hybridized carbons (Fsp3) is 0.400. The van der Waals surface area contributed by atoms with E-state index < -0.39 is 0 Å². The molecule has 0 radical (unpaired) electrons. The molecule has 0 spiro atoms.